The lowest BCUT2D eigenvalue weighted by atomic mass is 10.3. The molecule has 0 saturated carbocycles. The Hall–Kier alpha value is -2.44. The van der Waals surface area contributed by atoms with Crippen molar-refractivity contribution >= 4 is 39.7 Å². The molecule has 0 unspecified atom stereocenters. The van der Waals surface area contributed by atoms with E-state index < -0.39 is 0 Å². The van der Waals surface area contributed by atoms with E-state index in [2.05, 4.69) is 20.6 Å². The van der Waals surface area contributed by atoms with Gasteiger partial charge in [0.05, 0.1) is 0 Å². The summed E-state index contributed by atoms with van der Waals surface area (Å²) in [5.41, 5.74) is 2.14. The van der Waals surface area contributed by atoms with Crippen LogP contribution in [0.25, 0.3) is 0 Å². The number of hydrogen-bond acceptors (Lipinski definition) is 5. The molecule has 7 heteroatoms. The summed E-state index contributed by atoms with van der Waals surface area (Å²) in [6.45, 7) is 0.418. The van der Waals surface area contributed by atoms with Gasteiger partial charge in [-0.1, -0.05) is 23.7 Å². The molecule has 0 atom stereocenters. The highest BCUT2D eigenvalue weighted by molar-refractivity contribution is 7.14. The molecule has 23 heavy (non-hydrogen) atoms. The van der Waals surface area contributed by atoms with Crippen molar-refractivity contribution in [2.75, 3.05) is 5.32 Å². The number of anilines is 2. The Kier molecular flexibility index (Phi) is 4.85. The van der Waals surface area contributed by atoms with Crippen LogP contribution in [0.4, 0.5) is 10.8 Å². The average molecular weight is 345 g/mol. The Balaban J connectivity index is 1.61. The summed E-state index contributed by atoms with van der Waals surface area (Å²) in [6, 6.07) is 11.1. The van der Waals surface area contributed by atoms with Crippen LogP contribution < -0.4 is 10.6 Å². The smallest absolute Gasteiger partial charge is 0.271 e. The molecule has 0 radical (unpaired) electrons. The van der Waals surface area contributed by atoms with Gasteiger partial charge >= 0.3 is 0 Å². The Labute approximate surface area is 142 Å². The molecule has 2 aromatic heterocycles. The number of rotatable bonds is 5. The molecule has 3 rings (SSSR count). The van der Waals surface area contributed by atoms with E-state index in [0.29, 0.717) is 22.4 Å². The molecule has 5 nitrogen and oxygen atoms in total. The molecule has 2 N–H and O–H groups in total. The molecule has 0 saturated heterocycles. The molecule has 0 aliphatic rings. The maximum absolute atomic E-state index is 12.1. The molecule has 0 spiro atoms. The van der Waals surface area contributed by atoms with Crippen LogP contribution in [0.5, 0.6) is 0 Å². The maximum Gasteiger partial charge on any atom is 0.271 e. The van der Waals surface area contributed by atoms with Crippen molar-refractivity contribution in [3.63, 3.8) is 0 Å². The van der Waals surface area contributed by atoms with Gasteiger partial charge in [0.2, 0.25) is 0 Å². The van der Waals surface area contributed by atoms with E-state index >= 15 is 0 Å². The van der Waals surface area contributed by atoms with Crippen LogP contribution in [-0.2, 0) is 6.54 Å². The third kappa shape index (κ3) is 4.28. The SMILES string of the molecule is O=C(NCc1cccnc1)c1csc(Nc2cccc(Cl)c2)n1. The van der Waals surface area contributed by atoms with Crippen LogP contribution in [0.3, 0.4) is 0 Å². The van der Waals surface area contributed by atoms with Gasteiger partial charge in [-0.05, 0) is 29.8 Å². The quantitative estimate of drug-likeness (QED) is 0.737. The molecule has 2 heterocycles. The second kappa shape index (κ2) is 7.21. The highest BCUT2D eigenvalue weighted by atomic mass is 35.5. The number of nitrogens with one attached hydrogen (secondary N) is 2. The second-order valence-corrected chi connectivity index (χ2v) is 6.01. The van der Waals surface area contributed by atoms with Gasteiger partial charge in [-0.15, -0.1) is 11.3 Å². The Morgan fingerprint density at radius 3 is 2.96 bits per heavy atom. The number of nitrogens with zero attached hydrogens (tertiary/aromatic N) is 2. The van der Waals surface area contributed by atoms with E-state index in [9.17, 15) is 4.79 Å². The van der Waals surface area contributed by atoms with Gasteiger partial charge in [-0.25, -0.2) is 4.98 Å². The van der Waals surface area contributed by atoms with E-state index in [0.717, 1.165) is 11.3 Å². The van der Waals surface area contributed by atoms with E-state index in [1.54, 1.807) is 29.9 Å². The summed E-state index contributed by atoms with van der Waals surface area (Å²) < 4.78 is 0. The first-order chi connectivity index (χ1) is 11.2. The van der Waals surface area contributed by atoms with E-state index in [1.807, 2.05) is 24.3 Å². The normalized spacial score (nSPS) is 10.3. The van der Waals surface area contributed by atoms with Crippen molar-refractivity contribution in [3.05, 3.63) is 70.5 Å². The number of pyridine rings is 1. The van der Waals surface area contributed by atoms with Gasteiger partial charge in [-0.2, -0.15) is 0 Å². The van der Waals surface area contributed by atoms with Crippen LogP contribution >= 0.6 is 22.9 Å². The zero-order valence-electron chi connectivity index (χ0n) is 12.0. The molecule has 0 aliphatic heterocycles. The standard InChI is InChI=1S/C16H13ClN4OS/c17-12-4-1-5-13(7-12)20-16-21-14(10-23-16)15(22)19-9-11-3-2-6-18-8-11/h1-8,10H,9H2,(H,19,22)(H,20,21). The van der Waals surface area contributed by atoms with Crippen LogP contribution in [0.1, 0.15) is 16.1 Å². The van der Waals surface area contributed by atoms with Crippen LogP contribution in [0, 0.1) is 0 Å². The van der Waals surface area contributed by atoms with Gasteiger partial charge < -0.3 is 10.6 Å². The minimum Gasteiger partial charge on any atom is -0.347 e. The van der Waals surface area contributed by atoms with Crippen LogP contribution in [0.15, 0.2) is 54.2 Å². The molecule has 0 aliphatic carbocycles. The van der Waals surface area contributed by atoms with Gasteiger partial charge in [-0.3, -0.25) is 9.78 Å². The number of carbonyl (C=O) groups excluding carboxylic acids is 1. The largest absolute Gasteiger partial charge is 0.347 e. The molecule has 1 amide bonds. The van der Waals surface area contributed by atoms with Crippen molar-refractivity contribution in [3.8, 4) is 0 Å². The average Bonchev–Trinajstić information content (AvgIpc) is 3.02. The topological polar surface area (TPSA) is 66.9 Å². The Morgan fingerprint density at radius 1 is 1.26 bits per heavy atom. The predicted molar refractivity (Wildman–Crippen MR) is 92.3 cm³/mol. The van der Waals surface area contributed by atoms with E-state index in [4.69, 9.17) is 11.6 Å². The summed E-state index contributed by atoms with van der Waals surface area (Å²) in [4.78, 5) is 20.4. The lowest BCUT2D eigenvalue weighted by molar-refractivity contribution is 0.0946. The fourth-order valence-corrected chi connectivity index (χ4v) is 2.80. The number of aromatic nitrogens is 2. The van der Waals surface area contributed by atoms with E-state index in [1.165, 1.54) is 11.3 Å². The van der Waals surface area contributed by atoms with Gasteiger partial charge in [0.15, 0.2) is 5.13 Å². The Bertz CT molecular complexity index is 807. The van der Waals surface area contributed by atoms with Gasteiger partial charge in [0.1, 0.15) is 5.69 Å². The fraction of sp³-hybridized carbons (Fsp3) is 0.0625. The third-order valence-electron chi connectivity index (χ3n) is 2.99. The summed E-state index contributed by atoms with van der Waals surface area (Å²) in [5.74, 6) is -0.218. The molecule has 0 bridgehead atoms. The summed E-state index contributed by atoms with van der Waals surface area (Å²) >= 11 is 7.30. The summed E-state index contributed by atoms with van der Waals surface area (Å²) in [7, 11) is 0. The maximum atomic E-state index is 12.1. The second-order valence-electron chi connectivity index (χ2n) is 4.72. The van der Waals surface area contributed by atoms with Crippen molar-refractivity contribution < 1.29 is 4.79 Å². The van der Waals surface area contributed by atoms with Gasteiger partial charge in [0, 0.05) is 35.0 Å². The van der Waals surface area contributed by atoms with Crippen LogP contribution in [0.2, 0.25) is 5.02 Å². The third-order valence-corrected chi connectivity index (χ3v) is 3.98. The van der Waals surface area contributed by atoms with E-state index in [-0.39, 0.29) is 5.91 Å². The molecular weight excluding hydrogens is 332 g/mol. The molecule has 3 aromatic rings. The number of benzene rings is 1. The van der Waals surface area contributed by atoms with Crippen molar-refractivity contribution in [2.24, 2.45) is 0 Å². The molecular formula is C16H13ClN4OS. The zero-order chi connectivity index (χ0) is 16.1. The lowest BCUT2D eigenvalue weighted by Gasteiger charge is -2.03. The predicted octanol–water partition coefficient (Wildman–Crippen LogP) is 3.87. The first-order valence-electron chi connectivity index (χ1n) is 6.86. The number of halogens is 1. The van der Waals surface area contributed by atoms with Crippen molar-refractivity contribution in [2.45, 2.75) is 6.54 Å². The van der Waals surface area contributed by atoms with Crippen LogP contribution in [-0.4, -0.2) is 15.9 Å². The molecule has 0 fully saturated rings. The molecule has 116 valence electrons. The highest BCUT2D eigenvalue weighted by Crippen LogP contribution is 2.23. The Morgan fingerprint density at radius 2 is 2.17 bits per heavy atom. The summed E-state index contributed by atoms with van der Waals surface area (Å²) in [5, 5.41) is 8.94. The fourth-order valence-electron chi connectivity index (χ4n) is 1.90. The van der Waals surface area contributed by atoms with Gasteiger partial charge in [0.25, 0.3) is 5.91 Å². The minimum atomic E-state index is -0.218. The first-order valence-corrected chi connectivity index (χ1v) is 8.12. The highest BCUT2D eigenvalue weighted by Gasteiger charge is 2.10. The number of thiazole rings is 1. The van der Waals surface area contributed by atoms with Crippen molar-refractivity contribution in [1.29, 1.82) is 0 Å². The monoisotopic (exact) mass is 344 g/mol. The number of hydrogen-bond donors (Lipinski definition) is 2. The van der Waals surface area contributed by atoms with Crippen molar-refractivity contribution in [1.82, 2.24) is 15.3 Å². The minimum absolute atomic E-state index is 0.218. The number of carbonyl (C=O) groups is 1. The summed E-state index contributed by atoms with van der Waals surface area (Å²) in [6.07, 6.45) is 3.41. The lowest BCUT2D eigenvalue weighted by Crippen LogP contribution is -2.23. The first kappa shape index (κ1) is 15.5. The zero-order valence-corrected chi connectivity index (χ0v) is 13.6. The molecule has 1 aromatic carbocycles. The number of amides is 1.